The summed E-state index contributed by atoms with van der Waals surface area (Å²) >= 11 is 5.98. The second kappa shape index (κ2) is 8.25. The number of halogens is 1. The number of carbonyl (C=O) groups excluding carboxylic acids is 1. The first-order chi connectivity index (χ1) is 15.9. The van der Waals surface area contributed by atoms with Gasteiger partial charge in [-0.05, 0) is 55.8 Å². The molecule has 0 spiro atoms. The summed E-state index contributed by atoms with van der Waals surface area (Å²) in [7, 11) is 0. The van der Waals surface area contributed by atoms with E-state index in [0.717, 1.165) is 11.3 Å². The number of benzene rings is 2. The number of nitrogens with one attached hydrogen (secondary N) is 1. The second-order valence-corrected chi connectivity index (χ2v) is 8.15. The molecular weight excluding hydrogens is 446 g/mol. The molecule has 5 rings (SSSR count). The van der Waals surface area contributed by atoms with Crippen LogP contribution in [0, 0.1) is 13.8 Å². The third-order valence-electron chi connectivity index (χ3n) is 5.47. The number of carbonyl (C=O) groups is 1. The van der Waals surface area contributed by atoms with Crippen LogP contribution < -0.4 is 20.3 Å². The highest BCUT2D eigenvalue weighted by atomic mass is 35.5. The molecule has 2 aromatic carbocycles. The van der Waals surface area contributed by atoms with Crippen molar-refractivity contribution < 1.29 is 14.3 Å². The topological polar surface area (TPSA) is 100 Å². The third kappa shape index (κ3) is 3.91. The lowest BCUT2D eigenvalue weighted by Gasteiger charge is -2.08. The average molecular weight is 466 g/mol. The zero-order valence-electron chi connectivity index (χ0n) is 18.0. The molecule has 9 nitrogen and oxygen atoms in total. The highest BCUT2D eigenvalue weighted by molar-refractivity contribution is 6.30. The van der Waals surface area contributed by atoms with Gasteiger partial charge in [-0.25, -0.2) is 9.36 Å². The molecule has 0 unspecified atom stereocenters. The van der Waals surface area contributed by atoms with E-state index < -0.39 is 0 Å². The highest BCUT2D eigenvalue weighted by Gasteiger charge is 2.19. The quantitative estimate of drug-likeness (QED) is 0.486. The van der Waals surface area contributed by atoms with Crippen LogP contribution in [-0.2, 0) is 17.9 Å². The zero-order chi connectivity index (χ0) is 23.1. The van der Waals surface area contributed by atoms with Crippen molar-refractivity contribution in [3.05, 3.63) is 74.8 Å². The van der Waals surface area contributed by atoms with E-state index in [4.69, 9.17) is 21.1 Å². The second-order valence-electron chi connectivity index (χ2n) is 7.71. The van der Waals surface area contributed by atoms with Crippen LogP contribution in [-0.4, -0.2) is 32.3 Å². The predicted octanol–water partition coefficient (Wildman–Crippen LogP) is 2.90. The van der Waals surface area contributed by atoms with Gasteiger partial charge >= 0.3 is 0 Å². The molecule has 0 fully saturated rings. The number of aryl methyl sites for hydroxylation is 2. The van der Waals surface area contributed by atoms with Crippen LogP contribution in [0.4, 0.5) is 0 Å². The van der Waals surface area contributed by atoms with Gasteiger partial charge in [0.25, 0.3) is 5.56 Å². The summed E-state index contributed by atoms with van der Waals surface area (Å²) in [5.41, 5.74) is 3.00. The maximum absolute atomic E-state index is 13.2. The van der Waals surface area contributed by atoms with Crippen LogP contribution >= 0.6 is 11.6 Å². The van der Waals surface area contributed by atoms with Crippen molar-refractivity contribution in [2.24, 2.45) is 0 Å². The van der Waals surface area contributed by atoms with E-state index in [1.54, 1.807) is 29.8 Å². The Morgan fingerprint density at radius 3 is 2.64 bits per heavy atom. The number of hydrogen-bond donors (Lipinski definition) is 1. The van der Waals surface area contributed by atoms with E-state index in [1.807, 2.05) is 31.2 Å². The van der Waals surface area contributed by atoms with E-state index in [0.29, 0.717) is 45.4 Å². The average Bonchev–Trinajstić information content (AvgIpc) is 3.41. The largest absolute Gasteiger partial charge is 0.454 e. The Kier molecular flexibility index (Phi) is 5.26. The Hall–Kier alpha value is -3.85. The van der Waals surface area contributed by atoms with Crippen molar-refractivity contribution >= 4 is 28.4 Å². The monoisotopic (exact) mass is 465 g/mol. The van der Waals surface area contributed by atoms with Gasteiger partial charge in [0.05, 0.1) is 22.5 Å². The maximum Gasteiger partial charge on any atom is 0.278 e. The van der Waals surface area contributed by atoms with Crippen molar-refractivity contribution in [3.63, 3.8) is 0 Å². The van der Waals surface area contributed by atoms with Gasteiger partial charge in [0.1, 0.15) is 12.1 Å². The number of aromatic nitrogens is 4. The van der Waals surface area contributed by atoms with Gasteiger partial charge in [-0.15, -0.1) is 0 Å². The van der Waals surface area contributed by atoms with Gasteiger partial charge in [-0.1, -0.05) is 17.7 Å². The molecular formula is C23H20ClN5O4. The molecule has 1 N–H and O–H groups in total. The normalized spacial score (nSPS) is 12.3. The summed E-state index contributed by atoms with van der Waals surface area (Å²) < 4.78 is 13.5. The molecule has 1 aliphatic heterocycles. The number of fused-ring (bicyclic) bond motifs is 2. The Bertz CT molecular complexity index is 1440. The Morgan fingerprint density at radius 2 is 1.85 bits per heavy atom. The Morgan fingerprint density at radius 1 is 1.09 bits per heavy atom. The molecule has 0 bridgehead atoms. The van der Waals surface area contributed by atoms with Crippen LogP contribution in [0.25, 0.3) is 16.6 Å². The van der Waals surface area contributed by atoms with Crippen molar-refractivity contribution in [2.45, 2.75) is 26.9 Å². The molecule has 3 heterocycles. The van der Waals surface area contributed by atoms with E-state index in [2.05, 4.69) is 15.5 Å². The summed E-state index contributed by atoms with van der Waals surface area (Å²) in [4.78, 5) is 25.7. The predicted molar refractivity (Wildman–Crippen MR) is 122 cm³/mol. The first-order valence-electron chi connectivity index (χ1n) is 10.3. The molecule has 10 heteroatoms. The number of rotatable bonds is 5. The van der Waals surface area contributed by atoms with Crippen LogP contribution in [0.15, 0.2) is 47.3 Å². The van der Waals surface area contributed by atoms with Gasteiger partial charge < -0.3 is 14.8 Å². The maximum atomic E-state index is 13.2. The van der Waals surface area contributed by atoms with E-state index in [1.165, 1.54) is 4.68 Å². The molecule has 0 saturated carbocycles. The first-order valence-corrected chi connectivity index (χ1v) is 10.7. The fourth-order valence-electron chi connectivity index (χ4n) is 3.80. The van der Waals surface area contributed by atoms with Crippen molar-refractivity contribution in [1.82, 2.24) is 24.9 Å². The molecule has 0 radical (unpaired) electrons. The molecule has 0 aliphatic carbocycles. The standard InChI is InChI=1S/C23H20ClN5O4/c1-13-22-21(14(2)29(27-22)17-6-4-16(24)5-7-17)23(31)28(26-13)11-20(30)25-10-15-3-8-18-19(9-15)33-12-32-18/h3-9H,10-12H2,1-2H3,(H,25,30). The number of nitrogens with zero attached hydrogens (tertiary/aromatic N) is 4. The minimum atomic E-state index is -0.369. The molecule has 168 valence electrons. The zero-order valence-corrected chi connectivity index (χ0v) is 18.7. The van der Waals surface area contributed by atoms with E-state index in [9.17, 15) is 9.59 Å². The number of ether oxygens (including phenoxy) is 2. The fraction of sp³-hybridized carbons (Fsp3) is 0.217. The number of hydrogen-bond acceptors (Lipinski definition) is 6. The summed E-state index contributed by atoms with van der Waals surface area (Å²) in [6.45, 7) is 3.86. The van der Waals surface area contributed by atoms with Crippen LogP contribution in [0.1, 0.15) is 17.0 Å². The van der Waals surface area contributed by atoms with Crippen LogP contribution in [0.2, 0.25) is 5.02 Å². The lowest BCUT2D eigenvalue weighted by molar-refractivity contribution is -0.122. The van der Waals surface area contributed by atoms with E-state index >= 15 is 0 Å². The van der Waals surface area contributed by atoms with Crippen molar-refractivity contribution in [2.75, 3.05) is 6.79 Å². The molecule has 1 aliphatic rings. The lowest BCUT2D eigenvalue weighted by Crippen LogP contribution is -2.34. The van der Waals surface area contributed by atoms with Gasteiger partial charge in [0, 0.05) is 11.6 Å². The molecule has 33 heavy (non-hydrogen) atoms. The number of amides is 1. The summed E-state index contributed by atoms with van der Waals surface area (Å²) in [5, 5.41) is 12.7. The van der Waals surface area contributed by atoms with Gasteiger partial charge in [-0.2, -0.15) is 10.2 Å². The van der Waals surface area contributed by atoms with Gasteiger partial charge in [0.2, 0.25) is 12.7 Å². The highest BCUT2D eigenvalue weighted by Crippen LogP contribution is 2.32. The minimum absolute atomic E-state index is 0.190. The van der Waals surface area contributed by atoms with Gasteiger partial charge in [0.15, 0.2) is 11.5 Å². The smallest absolute Gasteiger partial charge is 0.278 e. The van der Waals surface area contributed by atoms with Crippen LogP contribution in [0.3, 0.4) is 0 Å². The molecule has 1 amide bonds. The van der Waals surface area contributed by atoms with E-state index in [-0.39, 0.29) is 24.8 Å². The molecule has 0 atom stereocenters. The minimum Gasteiger partial charge on any atom is -0.454 e. The summed E-state index contributed by atoms with van der Waals surface area (Å²) in [6.07, 6.45) is 0. The third-order valence-corrected chi connectivity index (χ3v) is 5.72. The summed E-state index contributed by atoms with van der Waals surface area (Å²) in [5.74, 6) is 0.997. The van der Waals surface area contributed by atoms with Crippen LogP contribution in [0.5, 0.6) is 11.5 Å². The SMILES string of the molecule is Cc1nn(CC(=O)NCc2ccc3c(c2)OCO3)c(=O)c2c(C)n(-c3ccc(Cl)cc3)nc12. The molecule has 2 aromatic heterocycles. The molecule has 4 aromatic rings. The van der Waals surface area contributed by atoms with Crippen molar-refractivity contribution in [3.8, 4) is 17.2 Å². The Balaban J connectivity index is 1.38. The summed E-state index contributed by atoms with van der Waals surface area (Å²) in [6, 6.07) is 12.6. The fourth-order valence-corrected chi connectivity index (χ4v) is 3.92. The Labute approximate surface area is 193 Å². The lowest BCUT2D eigenvalue weighted by atomic mass is 10.2. The van der Waals surface area contributed by atoms with Gasteiger partial charge in [-0.3, -0.25) is 9.59 Å². The van der Waals surface area contributed by atoms with Crippen molar-refractivity contribution in [1.29, 1.82) is 0 Å². The first kappa shape index (κ1) is 21.0. The molecule has 0 saturated heterocycles.